The van der Waals surface area contributed by atoms with Crippen molar-refractivity contribution in [2.24, 2.45) is 5.84 Å². The number of nitrogens with zero attached hydrogens (tertiary/aromatic N) is 2. The second-order valence-electron chi connectivity index (χ2n) is 3.94. The van der Waals surface area contributed by atoms with E-state index in [0.29, 0.717) is 11.9 Å². The Morgan fingerprint density at radius 3 is 2.71 bits per heavy atom. The van der Waals surface area contributed by atoms with Crippen LogP contribution in [0.1, 0.15) is 25.8 Å². The molecule has 0 spiro atoms. The zero-order valence-corrected chi connectivity index (χ0v) is 11.5. The van der Waals surface area contributed by atoms with Gasteiger partial charge in [-0.15, -0.1) is 0 Å². The number of hydrazine groups is 1. The highest BCUT2D eigenvalue weighted by Gasteiger charge is 2.11. The van der Waals surface area contributed by atoms with Crippen molar-refractivity contribution >= 4 is 23.4 Å². The predicted octanol–water partition coefficient (Wildman–Crippen LogP) is 1.88. The summed E-state index contributed by atoms with van der Waals surface area (Å²) in [4.78, 5) is 8.44. The van der Waals surface area contributed by atoms with Gasteiger partial charge in [-0.3, -0.25) is 0 Å². The lowest BCUT2D eigenvalue weighted by molar-refractivity contribution is 0.863. The Hall–Kier alpha value is -1.01. The van der Waals surface area contributed by atoms with Gasteiger partial charge in [0.1, 0.15) is 18.0 Å². The van der Waals surface area contributed by atoms with Crippen LogP contribution in [-0.2, 0) is 6.42 Å². The van der Waals surface area contributed by atoms with Gasteiger partial charge in [-0.2, -0.15) is 11.8 Å². The number of rotatable bonds is 7. The second kappa shape index (κ2) is 7.34. The number of nitrogen functional groups attached to an aromatic ring is 1. The summed E-state index contributed by atoms with van der Waals surface area (Å²) in [7, 11) is 0. The Kier molecular flexibility index (Phi) is 6.07. The molecule has 1 rings (SSSR count). The Balaban J connectivity index is 2.89. The molecule has 1 aromatic heterocycles. The molecule has 0 aliphatic rings. The summed E-state index contributed by atoms with van der Waals surface area (Å²) < 4.78 is 0. The van der Waals surface area contributed by atoms with Crippen LogP contribution < -0.4 is 16.6 Å². The average molecular weight is 255 g/mol. The standard InChI is InChI=1S/C11H21N5S/c1-4-5-9-10(15-8(2)6-17-3)13-7-14-11(9)16-12/h7-8H,4-6,12H2,1-3H3,(H2,13,14,15,16). The zero-order valence-electron chi connectivity index (χ0n) is 10.7. The highest BCUT2D eigenvalue weighted by Crippen LogP contribution is 2.21. The SMILES string of the molecule is CCCc1c(NN)ncnc1NC(C)CSC. The van der Waals surface area contributed by atoms with E-state index in [1.807, 2.05) is 11.8 Å². The molecule has 0 bridgehead atoms. The molecular weight excluding hydrogens is 234 g/mol. The topological polar surface area (TPSA) is 75.9 Å². The first kappa shape index (κ1) is 14.1. The minimum Gasteiger partial charge on any atom is -0.366 e. The number of nitrogens with one attached hydrogen (secondary N) is 2. The van der Waals surface area contributed by atoms with Gasteiger partial charge in [-0.05, 0) is 19.6 Å². The van der Waals surface area contributed by atoms with E-state index in [1.165, 1.54) is 6.33 Å². The quantitative estimate of drug-likeness (QED) is 0.510. The molecule has 1 unspecified atom stereocenters. The molecule has 6 heteroatoms. The van der Waals surface area contributed by atoms with Crippen molar-refractivity contribution in [3.05, 3.63) is 11.9 Å². The molecular formula is C11H21N5S. The van der Waals surface area contributed by atoms with Crippen molar-refractivity contribution in [1.29, 1.82) is 0 Å². The van der Waals surface area contributed by atoms with E-state index in [1.54, 1.807) is 0 Å². The van der Waals surface area contributed by atoms with Crippen molar-refractivity contribution in [1.82, 2.24) is 9.97 Å². The molecule has 0 fully saturated rings. The third kappa shape index (κ3) is 4.05. The Bertz CT molecular complexity index is 345. The summed E-state index contributed by atoms with van der Waals surface area (Å²) in [5.41, 5.74) is 3.69. The molecule has 4 N–H and O–H groups in total. The minimum absolute atomic E-state index is 0.376. The van der Waals surface area contributed by atoms with Crippen molar-refractivity contribution in [3.63, 3.8) is 0 Å². The van der Waals surface area contributed by atoms with Gasteiger partial charge in [0, 0.05) is 17.4 Å². The smallest absolute Gasteiger partial charge is 0.148 e. The van der Waals surface area contributed by atoms with Crippen LogP contribution in [0.5, 0.6) is 0 Å². The van der Waals surface area contributed by atoms with Gasteiger partial charge in [0.05, 0.1) is 0 Å². The zero-order chi connectivity index (χ0) is 12.7. The Morgan fingerprint density at radius 2 is 2.12 bits per heavy atom. The number of hydrogen-bond acceptors (Lipinski definition) is 6. The molecule has 0 aliphatic carbocycles. The Labute approximate surface area is 107 Å². The second-order valence-corrected chi connectivity index (χ2v) is 4.86. The van der Waals surface area contributed by atoms with Crippen LogP contribution in [0.3, 0.4) is 0 Å². The van der Waals surface area contributed by atoms with Gasteiger partial charge < -0.3 is 10.7 Å². The molecule has 0 saturated carbocycles. The van der Waals surface area contributed by atoms with E-state index >= 15 is 0 Å². The summed E-state index contributed by atoms with van der Waals surface area (Å²) in [5.74, 6) is 8.10. The maximum absolute atomic E-state index is 5.47. The average Bonchev–Trinajstić information content (AvgIpc) is 2.32. The molecule has 17 heavy (non-hydrogen) atoms. The lowest BCUT2D eigenvalue weighted by Gasteiger charge is -2.17. The van der Waals surface area contributed by atoms with Gasteiger partial charge in [0.25, 0.3) is 0 Å². The fourth-order valence-corrected chi connectivity index (χ4v) is 2.26. The molecule has 1 aromatic rings. The van der Waals surface area contributed by atoms with Gasteiger partial charge in [-0.25, -0.2) is 15.8 Å². The summed E-state index contributed by atoms with van der Waals surface area (Å²) in [6.45, 7) is 4.27. The minimum atomic E-state index is 0.376. The first-order chi connectivity index (χ1) is 8.22. The summed E-state index contributed by atoms with van der Waals surface area (Å²) in [5, 5.41) is 3.40. The number of nitrogens with two attached hydrogens (primary N) is 1. The summed E-state index contributed by atoms with van der Waals surface area (Å²) in [6, 6.07) is 0.376. The third-order valence-corrected chi connectivity index (χ3v) is 3.22. The fraction of sp³-hybridized carbons (Fsp3) is 0.636. The van der Waals surface area contributed by atoms with E-state index < -0.39 is 0 Å². The van der Waals surface area contributed by atoms with Crippen LogP contribution in [0.25, 0.3) is 0 Å². The van der Waals surface area contributed by atoms with Crippen LogP contribution in [-0.4, -0.2) is 28.0 Å². The van der Waals surface area contributed by atoms with E-state index in [2.05, 4.69) is 40.8 Å². The van der Waals surface area contributed by atoms with E-state index in [9.17, 15) is 0 Å². The maximum atomic E-state index is 5.47. The fourth-order valence-electron chi connectivity index (χ4n) is 1.67. The number of thioether (sulfide) groups is 1. The highest BCUT2D eigenvalue weighted by molar-refractivity contribution is 7.98. The Morgan fingerprint density at radius 1 is 1.41 bits per heavy atom. The first-order valence-corrected chi connectivity index (χ1v) is 7.18. The third-order valence-electron chi connectivity index (χ3n) is 2.38. The van der Waals surface area contributed by atoms with E-state index in [0.717, 1.165) is 30.0 Å². The molecule has 0 radical (unpaired) electrons. The lowest BCUT2D eigenvalue weighted by Crippen LogP contribution is -2.21. The molecule has 0 aliphatic heterocycles. The van der Waals surface area contributed by atoms with Crippen LogP contribution in [0.2, 0.25) is 0 Å². The van der Waals surface area contributed by atoms with Crippen molar-refractivity contribution in [3.8, 4) is 0 Å². The van der Waals surface area contributed by atoms with Gasteiger partial charge in [-0.1, -0.05) is 13.3 Å². The van der Waals surface area contributed by atoms with Crippen molar-refractivity contribution in [2.75, 3.05) is 22.8 Å². The monoisotopic (exact) mass is 255 g/mol. The lowest BCUT2D eigenvalue weighted by atomic mass is 10.1. The summed E-state index contributed by atoms with van der Waals surface area (Å²) >= 11 is 1.81. The highest BCUT2D eigenvalue weighted by atomic mass is 32.2. The van der Waals surface area contributed by atoms with E-state index in [-0.39, 0.29) is 0 Å². The predicted molar refractivity (Wildman–Crippen MR) is 75.3 cm³/mol. The van der Waals surface area contributed by atoms with Gasteiger partial charge >= 0.3 is 0 Å². The van der Waals surface area contributed by atoms with Crippen molar-refractivity contribution in [2.45, 2.75) is 32.7 Å². The largest absolute Gasteiger partial charge is 0.366 e. The molecule has 0 amide bonds. The summed E-state index contributed by atoms with van der Waals surface area (Å²) in [6.07, 6.45) is 5.57. The number of hydrogen-bond donors (Lipinski definition) is 3. The molecule has 0 aromatic carbocycles. The van der Waals surface area contributed by atoms with E-state index in [4.69, 9.17) is 5.84 Å². The molecule has 5 nitrogen and oxygen atoms in total. The van der Waals surface area contributed by atoms with Gasteiger partial charge in [0.2, 0.25) is 0 Å². The maximum Gasteiger partial charge on any atom is 0.148 e. The molecule has 1 heterocycles. The van der Waals surface area contributed by atoms with Crippen LogP contribution in [0.4, 0.5) is 11.6 Å². The molecule has 1 atom stereocenters. The van der Waals surface area contributed by atoms with Crippen molar-refractivity contribution < 1.29 is 0 Å². The van der Waals surface area contributed by atoms with Gasteiger partial charge in [0.15, 0.2) is 0 Å². The van der Waals surface area contributed by atoms with Crippen LogP contribution in [0.15, 0.2) is 6.33 Å². The molecule has 0 saturated heterocycles. The normalized spacial score (nSPS) is 12.2. The molecule has 96 valence electrons. The number of anilines is 2. The van der Waals surface area contributed by atoms with Crippen LogP contribution in [0, 0.1) is 0 Å². The number of aromatic nitrogens is 2. The van der Waals surface area contributed by atoms with Crippen LogP contribution >= 0.6 is 11.8 Å². The first-order valence-electron chi connectivity index (χ1n) is 5.78.